The molecule has 0 heterocycles. The number of rotatable bonds is 13. The first kappa shape index (κ1) is 26.8. The Bertz CT molecular complexity index is 828. The van der Waals surface area contributed by atoms with Gasteiger partial charge in [0, 0.05) is 13.1 Å². The zero-order valence-electron chi connectivity index (χ0n) is 20.6. The highest BCUT2D eigenvalue weighted by Gasteiger charge is 2.09. The molecule has 34 heavy (non-hydrogen) atoms. The monoisotopic (exact) mass is 470 g/mol. The van der Waals surface area contributed by atoms with Crippen molar-refractivity contribution in [1.82, 2.24) is 10.6 Å². The summed E-state index contributed by atoms with van der Waals surface area (Å²) in [7, 11) is 0. The van der Waals surface area contributed by atoms with E-state index >= 15 is 0 Å². The van der Waals surface area contributed by atoms with E-state index in [0.717, 1.165) is 25.7 Å². The quantitative estimate of drug-likeness (QED) is 0.279. The van der Waals surface area contributed by atoms with E-state index in [1.54, 1.807) is 0 Å². The van der Waals surface area contributed by atoms with Gasteiger partial charge in [0.2, 0.25) is 0 Å². The maximum absolute atomic E-state index is 12.2. The van der Waals surface area contributed by atoms with Crippen molar-refractivity contribution in [3.8, 4) is 11.5 Å². The molecular formula is C26H38N4O4. The zero-order valence-corrected chi connectivity index (χ0v) is 20.6. The van der Waals surface area contributed by atoms with Crippen LogP contribution >= 0.6 is 0 Å². The van der Waals surface area contributed by atoms with Crippen LogP contribution in [-0.2, 0) is 0 Å². The number of hydrogen-bond acceptors (Lipinski definition) is 4. The number of carbonyl (C=O) groups excluding carboxylic acids is 2. The number of ether oxygens (including phenoxy) is 2. The normalized spacial score (nSPS) is 10.6. The molecule has 2 aromatic carbocycles. The van der Waals surface area contributed by atoms with Crippen molar-refractivity contribution < 1.29 is 19.1 Å². The van der Waals surface area contributed by atoms with Crippen LogP contribution < -0.4 is 30.7 Å². The third-order valence-corrected chi connectivity index (χ3v) is 4.67. The van der Waals surface area contributed by atoms with Gasteiger partial charge in [0.1, 0.15) is 11.5 Å². The van der Waals surface area contributed by atoms with Crippen LogP contribution in [0, 0.1) is 0 Å². The van der Waals surface area contributed by atoms with Gasteiger partial charge in [-0.15, -0.1) is 0 Å². The molecule has 8 nitrogen and oxygen atoms in total. The van der Waals surface area contributed by atoms with E-state index in [4.69, 9.17) is 9.47 Å². The fraction of sp³-hybridized carbons (Fsp3) is 0.462. The van der Waals surface area contributed by atoms with Crippen LogP contribution in [0.1, 0.15) is 53.4 Å². The van der Waals surface area contributed by atoms with E-state index < -0.39 is 0 Å². The average molecular weight is 471 g/mol. The molecule has 8 heteroatoms. The van der Waals surface area contributed by atoms with E-state index in [1.165, 1.54) is 0 Å². The maximum Gasteiger partial charge on any atom is 0.319 e. The molecule has 0 fully saturated rings. The summed E-state index contributed by atoms with van der Waals surface area (Å²) in [6.45, 7) is 8.95. The Kier molecular flexibility index (Phi) is 11.6. The van der Waals surface area contributed by atoms with Crippen molar-refractivity contribution in [1.29, 1.82) is 0 Å². The lowest BCUT2D eigenvalue weighted by Gasteiger charge is -2.15. The van der Waals surface area contributed by atoms with Crippen molar-refractivity contribution in [2.24, 2.45) is 0 Å². The van der Waals surface area contributed by atoms with Crippen LogP contribution in [-0.4, -0.2) is 37.4 Å². The van der Waals surface area contributed by atoms with E-state index in [1.807, 2.05) is 76.2 Å². The summed E-state index contributed by atoms with van der Waals surface area (Å²) in [5.74, 6) is 1.31. The molecular weight excluding hydrogens is 432 g/mol. The lowest BCUT2D eigenvalue weighted by molar-refractivity contribution is 0.241. The van der Waals surface area contributed by atoms with Crippen molar-refractivity contribution in [2.75, 3.05) is 23.7 Å². The zero-order chi connectivity index (χ0) is 24.8. The molecule has 0 spiro atoms. The lowest BCUT2D eigenvalue weighted by Crippen LogP contribution is -2.30. The second-order valence-corrected chi connectivity index (χ2v) is 8.50. The minimum Gasteiger partial charge on any atom is -0.489 e. The van der Waals surface area contributed by atoms with Gasteiger partial charge in [0.05, 0.1) is 23.6 Å². The number of unbranched alkanes of at least 4 members (excludes halogenated alkanes) is 3. The van der Waals surface area contributed by atoms with Crippen LogP contribution in [0.15, 0.2) is 48.5 Å². The Balaban J connectivity index is 1.56. The highest BCUT2D eigenvalue weighted by atomic mass is 16.5. The number of anilines is 2. The SMILES string of the molecule is CC(C)Oc1ccccc1NC(=O)NCCCCCCNC(=O)Nc1ccccc1OC(C)C. The largest absolute Gasteiger partial charge is 0.489 e. The molecule has 0 aliphatic carbocycles. The molecule has 0 aliphatic rings. The maximum atomic E-state index is 12.2. The molecule has 0 bridgehead atoms. The van der Waals surface area contributed by atoms with Crippen molar-refractivity contribution in [2.45, 2.75) is 65.6 Å². The third-order valence-electron chi connectivity index (χ3n) is 4.67. The van der Waals surface area contributed by atoms with Gasteiger partial charge in [-0.2, -0.15) is 0 Å². The highest BCUT2D eigenvalue weighted by molar-refractivity contribution is 5.91. The van der Waals surface area contributed by atoms with Crippen LogP contribution in [0.2, 0.25) is 0 Å². The van der Waals surface area contributed by atoms with E-state index in [9.17, 15) is 9.59 Å². The molecule has 0 aliphatic heterocycles. The Morgan fingerprint density at radius 1 is 0.647 bits per heavy atom. The first-order valence-corrected chi connectivity index (χ1v) is 12.0. The van der Waals surface area contributed by atoms with E-state index in [-0.39, 0.29) is 24.3 Å². The highest BCUT2D eigenvalue weighted by Crippen LogP contribution is 2.25. The standard InChI is InChI=1S/C26H38N4O4/c1-19(2)33-23-15-9-7-13-21(23)29-25(31)27-17-11-5-6-12-18-28-26(32)30-22-14-8-10-16-24(22)34-20(3)4/h7-10,13-16,19-20H,5-6,11-12,17-18H2,1-4H3,(H2,27,29,31)(H2,28,30,32). The molecule has 0 unspecified atom stereocenters. The number of amides is 4. The van der Waals surface area contributed by atoms with E-state index in [0.29, 0.717) is 36.0 Å². The Labute approximate surface area is 202 Å². The minimum absolute atomic E-state index is 0.0290. The summed E-state index contributed by atoms with van der Waals surface area (Å²) >= 11 is 0. The summed E-state index contributed by atoms with van der Waals surface area (Å²) in [4.78, 5) is 24.3. The fourth-order valence-electron chi connectivity index (χ4n) is 3.19. The van der Waals surface area contributed by atoms with Gasteiger partial charge >= 0.3 is 12.1 Å². The lowest BCUT2D eigenvalue weighted by atomic mass is 10.2. The summed E-state index contributed by atoms with van der Waals surface area (Å²) in [5.41, 5.74) is 1.30. The average Bonchev–Trinajstić information content (AvgIpc) is 2.77. The number of benzene rings is 2. The van der Waals surface area contributed by atoms with Gasteiger partial charge < -0.3 is 30.7 Å². The number of carbonyl (C=O) groups is 2. The predicted molar refractivity (Wildman–Crippen MR) is 137 cm³/mol. The minimum atomic E-state index is -0.250. The number of nitrogens with one attached hydrogen (secondary N) is 4. The predicted octanol–water partition coefficient (Wildman–Crippen LogP) is 5.76. The Hall–Kier alpha value is -3.42. The second-order valence-electron chi connectivity index (χ2n) is 8.50. The van der Waals surface area contributed by atoms with Crippen molar-refractivity contribution in [3.05, 3.63) is 48.5 Å². The molecule has 186 valence electrons. The van der Waals surface area contributed by atoms with Gasteiger partial charge in [0.15, 0.2) is 0 Å². The van der Waals surface area contributed by atoms with Crippen LogP contribution in [0.4, 0.5) is 21.0 Å². The van der Waals surface area contributed by atoms with Gasteiger partial charge in [-0.1, -0.05) is 37.1 Å². The Morgan fingerprint density at radius 3 is 1.41 bits per heavy atom. The molecule has 4 amide bonds. The van der Waals surface area contributed by atoms with Gasteiger partial charge in [0.25, 0.3) is 0 Å². The molecule has 0 saturated carbocycles. The molecule has 2 rings (SSSR count). The molecule has 0 atom stereocenters. The van der Waals surface area contributed by atoms with Crippen molar-refractivity contribution >= 4 is 23.4 Å². The van der Waals surface area contributed by atoms with Crippen LogP contribution in [0.3, 0.4) is 0 Å². The summed E-state index contributed by atoms with van der Waals surface area (Å²) in [6.07, 6.45) is 3.71. The summed E-state index contributed by atoms with van der Waals surface area (Å²) in [6, 6.07) is 14.3. The number of para-hydroxylation sites is 4. The van der Waals surface area contributed by atoms with Gasteiger partial charge in [-0.3, -0.25) is 0 Å². The first-order chi connectivity index (χ1) is 16.3. The van der Waals surface area contributed by atoms with Crippen LogP contribution in [0.5, 0.6) is 11.5 Å². The van der Waals surface area contributed by atoms with Crippen molar-refractivity contribution in [3.63, 3.8) is 0 Å². The topological polar surface area (TPSA) is 101 Å². The number of hydrogen-bond donors (Lipinski definition) is 4. The molecule has 4 N–H and O–H groups in total. The second kappa shape index (κ2) is 14.7. The molecule has 0 aromatic heterocycles. The summed E-state index contributed by atoms with van der Waals surface area (Å²) in [5, 5.41) is 11.4. The molecule has 0 radical (unpaired) electrons. The van der Waals surface area contributed by atoms with Gasteiger partial charge in [-0.05, 0) is 64.8 Å². The third kappa shape index (κ3) is 10.5. The smallest absolute Gasteiger partial charge is 0.319 e. The number of urea groups is 2. The first-order valence-electron chi connectivity index (χ1n) is 12.0. The van der Waals surface area contributed by atoms with Crippen LogP contribution in [0.25, 0.3) is 0 Å². The Morgan fingerprint density at radius 2 is 1.03 bits per heavy atom. The van der Waals surface area contributed by atoms with E-state index in [2.05, 4.69) is 21.3 Å². The molecule has 2 aromatic rings. The van der Waals surface area contributed by atoms with Gasteiger partial charge in [-0.25, -0.2) is 9.59 Å². The molecule has 0 saturated heterocycles. The fourth-order valence-corrected chi connectivity index (χ4v) is 3.19. The summed E-state index contributed by atoms with van der Waals surface area (Å²) < 4.78 is 11.4.